The molecule has 0 saturated carbocycles. The number of nitro benzene ring substituents is 1. The van der Waals surface area contributed by atoms with Gasteiger partial charge in [0.2, 0.25) is 6.08 Å². The number of hydrogen-bond acceptors (Lipinski definition) is 4. The Kier molecular flexibility index (Phi) is 2.52. The molecule has 1 aromatic rings. The molecule has 1 aromatic carbocycles. The quantitative estimate of drug-likeness (QED) is 0.300. The molecule has 13 heavy (non-hydrogen) atoms. The van der Waals surface area contributed by atoms with Gasteiger partial charge in [0.25, 0.3) is 5.69 Å². The highest BCUT2D eigenvalue weighted by molar-refractivity contribution is 5.65. The molecule has 0 N–H and O–H groups in total. The van der Waals surface area contributed by atoms with Crippen LogP contribution in [0.15, 0.2) is 23.2 Å². The lowest BCUT2D eigenvalue weighted by Crippen LogP contribution is -1.89. The Labute approximate surface area is 73.9 Å². The summed E-state index contributed by atoms with van der Waals surface area (Å²) >= 11 is 0. The van der Waals surface area contributed by atoms with Gasteiger partial charge in [-0.1, -0.05) is 12.1 Å². The molecular weight excluding hydrogens is 172 g/mol. The zero-order valence-corrected chi connectivity index (χ0v) is 6.85. The number of isocyanates is 1. The summed E-state index contributed by atoms with van der Waals surface area (Å²) in [6.07, 6.45) is 1.29. The predicted octanol–water partition coefficient (Wildman–Crippen LogP) is 1.87. The van der Waals surface area contributed by atoms with Gasteiger partial charge >= 0.3 is 0 Å². The second-order valence-corrected chi connectivity index (χ2v) is 2.40. The lowest BCUT2D eigenvalue weighted by Gasteiger charge is -1.97. The Hall–Kier alpha value is -2.00. The Morgan fingerprint density at radius 3 is 2.77 bits per heavy atom. The average molecular weight is 178 g/mol. The van der Waals surface area contributed by atoms with Crippen LogP contribution in [0.2, 0.25) is 0 Å². The lowest BCUT2D eigenvalue weighted by atomic mass is 10.2. The number of aliphatic imine (C=N–C) groups is 1. The average Bonchev–Trinajstić information content (AvgIpc) is 2.08. The van der Waals surface area contributed by atoms with E-state index in [2.05, 4.69) is 4.99 Å². The van der Waals surface area contributed by atoms with Crippen LogP contribution < -0.4 is 0 Å². The number of rotatable bonds is 2. The number of nitrogens with zero attached hydrogens (tertiary/aromatic N) is 2. The van der Waals surface area contributed by atoms with Gasteiger partial charge in [0.05, 0.1) is 4.92 Å². The van der Waals surface area contributed by atoms with Gasteiger partial charge in [-0.05, 0) is 12.5 Å². The van der Waals surface area contributed by atoms with Crippen molar-refractivity contribution >= 4 is 17.5 Å². The standard InChI is InChI=1S/C8H6N2O3/c1-6-3-2-4-7(10(12)13)8(6)9-5-11/h2-4H,1H3. The first-order chi connectivity index (χ1) is 6.16. The highest BCUT2D eigenvalue weighted by atomic mass is 16.6. The molecule has 0 heterocycles. The van der Waals surface area contributed by atoms with Gasteiger partial charge in [0.15, 0.2) is 5.69 Å². The van der Waals surface area contributed by atoms with E-state index in [0.717, 1.165) is 0 Å². The monoisotopic (exact) mass is 178 g/mol. The lowest BCUT2D eigenvalue weighted by molar-refractivity contribution is -0.384. The number of aryl methyl sites for hydroxylation is 1. The first-order valence-electron chi connectivity index (χ1n) is 3.48. The van der Waals surface area contributed by atoms with E-state index in [1.54, 1.807) is 13.0 Å². The van der Waals surface area contributed by atoms with Crippen LogP contribution in [0.25, 0.3) is 0 Å². The SMILES string of the molecule is Cc1cccc([N+](=O)[O-])c1N=C=O. The second-order valence-electron chi connectivity index (χ2n) is 2.40. The van der Waals surface area contributed by atoms with Crippen LogP contribution in [0.1, 0.15) is 5.56 Å². The van der Waals surface area contributed by atoms with Crippen molar-refractivity contribution in [3.8, 4) is 0 Å². The van der Waals surface area contributed by atoms with Crippen molar-refractivity contribution in [2.45, 2.75) is 6.92 Å². The normalized spacial score (nSPS) is 9.00. The molecule has 0 radical (unpaired) electrons. The second kappa shape index (κ2) is 3.60. The maximum absolute atomic E-state index is 10.5. The summed E-state index contributed by atoms with van der Waals surface area (Å²) in [6, 6.07) is 4.48. The van der Waals surface area contributed by atoms with Crippen molar-refractivity contribution in [1.82, 2.24) is 0 Å². The fourth-order valence-electron chi connectivity index (χ4n) is 0.982. The van der Waals surface area contributed by atoms with E-state index in [4.69, 9.17) is 0 Å². The molecule has 0 aliphatic carbocycles. The van der Waals surface area contributed by atoms with Gasteiger partial charge in [-0.3, -0.25) is 10.1 Å². The van der Waals surface area contributed by atoms with Crippen molar-refractivity contribution in [3.63, 3.8) is 0 Å². The molecular formula is C8H6N2O3. The Morgan fingerprint density at radius 2 is 2.23 bits per heavy atom. The first kappa shape index (κ1) is 9.09. The third-order valence-corrected chi connectivity index (χ3v) is 1.57. The summed E-state index contributed by atoms with van der Waals surface area (Å²) in [5.41, 5.74) is 0.475. The van der Waals surface area contributed by atoms with E-state index in [9.17, 15) is 14.9 Å². The minimum atomic E-state index is -0.580. The molecule has 0 atom stereocenters. The van der Waals surface area contributed by atoms with Crippen LogP contribution in [0.4, 0.5) is 11.4 Å². The third-order valence-electron chi connectivity index (χ3n) is 1.57. The zero-order chi connectivity index (χ0) is 9.84. The van der Waals surface area contributed by atoms with Crippen LogP contribution >= 0.6 is 0 Å². The molecule has 1 rings (SSSR count). The molecule has 5 nitrogen and oxygen atoms in total. The topological polar surface area (TPSA) is 72.6 Å². The molecule has 0 bridgehead atoms. The molecule has 5 heteroatoms. The van der Waals surface area contributed by atoms with Crippen LogP contribution in [0.5, 0.6) is 0 Å². The zero-order valence-electron chi connectivity index (χ0n) is 6.85. The van der Waals surface area contributed by atoms with E-state index < -0.39 is 4.92 Å². The molecule has 0 saturated heterocycles. The van der Waals surface area contributed by atoms with E-state index in [-0.39, 0.29) is 11.4 Å². The maximum atomic E-state index is 10.5. The Balaban J connectivity index is 3.42. The summed E-state index contributed by atoms with van der Waals surface area (Å²) in [4.78, 5) is 23.2. The van der Waals surface area contributed by atoms with Gasteiger partial charge in [0, 0.05) is 6.07 Å². The summed E-state index contributed by atoms with van der Waals surface area (Å²) in [5.74, 6) is 0. The maximum Gasteiger partial charge on any atom is 0.296 e. The summed E-state index contributed by atoms with van der Waals surface area (Å²) in [7, 11) is 0. The van der Waals surface area contributed by atoms with Crippen molar-refractivity contribution < 1.29 is 9.72 Å². The number of para-hydroxylation sites is 1. The van der Waals surface area contributed by atoms with E-state index in [0.29, 0.717) is 5.56 Å². The fourth-order valence-corrected chi connectivity index (χ4v) is 0.982. The third kappa shape index (κ3) is 1.77. The van der Waals surface area contributed by atoms with E-state index in [1.165, 1.54) is 18.2 Å². The van der Waals surface area contributed by atoms with Gasteiger partial charge in [-0.15, -0.1) is 0 Å². The molecule has 0 aliphatic rings. The van der Waals surface area contributed by atoms with Crippen molar-refractivity contribution in [2.75, 3.05) is 0 Å². The number of carbonyl (C=O) groups excluding carboxylic acids is 1. The Bertz CT molecular complexity index is 394. The molecule has 0 unspecified atom stereocenters. The minimum absolute atomic E-state index is 0.0718. The van der Waals surface area contributed by atoms with Crippen molar-refractivity contribution in [1.29, 1.82) is 0 Å². The molecule has 0 amide bonds. The molecule has 0 aromatic heterocycles. The molecule has 0 spiro atoms. The van der Waals surface area contributed by atoms with Crippen LogP contribution in [-0.4, -0.2) is 11.0 Å². The molecule has 0 fully saturated rings. The number of hydrogen-bond donors (Lipinski definition) is 0. The van der Waals surface area contributed by atoms with E-state index in [1.807, 2.05) is 0 Å². The van der Waals surface area contributed by atoms with Crippen LogP contribution in [0.3, 0.4) is 0 Å². The Morgan fingerprint density at radius 1 is 1.54 bits per heavy atom. The predicted molar refractivity (Wildman–Crippen MR) is 45.6 cm³/mol. The molecule has 66 valence electrons. The highest BCUT2D eigenvalue weighted by Gasteiger charge is 2.14. The van der Waals surface area contributed by atoms with Gasteiger partial charge in [0.1, 0.15) is 0 Å². The van der Waals surface area contributed by atoms with Crippen LogP contribution in [0, 0.1) is 17.0 Å². The fraction of sp³-hybridized carbons (Fsp3) is 0.125. The van der Waals surface area contributed by atoms with E-state index >= 15 is 0 Å². The molecule has 0 aliphatic heterocycles. The van der Waals surface area contributed by atoms with Crippen molar-refractivity contribution in [3.05, 3.63) is 33.9 Å². The van der Waals surface area contributed by atoms with Gasteiger partial charge < -0.3 is 0 Å². The highest BCUT2D eigenvalue weighted by Crippen LogP contribution is 2.29. The summed E-state index contributed by atoms with van der Waals surface area (Å²) < 4.78 is 0. The first-order valence-corrected chi connectivity index (χ1v) is 3.48. The minimum Gasteiger partial charge on any atom is -0.258 e. The largest absolute Gasteiger partial charge is 0.296 e. The van der Waals surface area contributed by atoms with Gasteiger partial charge in [-0.2, -0.15) is 4.99 Å². The summed E-state index contributed by atoms with van der Waals surface area (Å²) in [6.45, 7) is 1.64. The van der Waals surface area contributed by atoms with Gasteiger partial charge in [-0.25, -0.2) is 4.79 Å². The van der Waals surface area contributed by atoms with Crippen molar-refractivity contribution in [2.24, 2.45) is 4.99 Å². The summed E-state index contributed by atoms with van der Waals surface area (Å²) in [5, 5.41) is 10.5. The number of benzene rings is 1. The van der Waals surface area contributed by atoms with Crippen LogP contribution in [-0.2, 0) is 4.79 Å². The smallest absolute Gasteiger partial charge is 0.258 e. The number of nitro groups is 1.